The quantitative estimate of drug-likeness (QED) is 0.267. The van der Waals surface area contributed by atoms with E-state index in [1.165, 1.54) is 6.92 Å². The van der Waals surface area contributed by atoms with Crippen LogP contribution in [0.5, 0.6) is 0 Å². The molecule has 0 aromatic heterocycles. The second-order valence-electron chi connectivity index (χ2n) is 16.1. The fourth-order valence-corrected chi connectivity index (χ4v) is 8.59. The lowest BCUT2D eigenvalue weighted by Crippen LogP contribution is -2.61. The van der Waals surface area contributed by atoms with Crippen molar-refractivity contribution in [2.75, 3.05) is 20.7 Å². The van der Waals surface area contributed by atoms with Crippen molar-refractivity contribution < 1.29 is 47.6 Å². The van der Waals surface area contributed by atoms with Gasteiger partial charge in [0.05, 0.1) is 36.6 Å². The average Bonchev–Trinajstić information content (AvgIpc) is 3.41. The molecule has 12 heteroatoms. The molecule has 2 aliphatic heterocycles. The number of carbonyl (C=O) groups excluding carboxylic acids is 4. The zero-order valence-corrected chi connectivity index (χ0v) is 32.4. The number of hydrogen-bond acceptors (Lipinski definition) is 10. The Morgan fingerprint density at radius 3 is 2.29 bits per heavy atom. The summed E-state index contributed by atoms with van der Waals surface area (Å²) in [6, 6.07) is 8.43. The maximum absolute atomic E-state index is 16.8. The van der Waals surface area contributed by atoms with Gasteiger partial charge in [-0.25, -0.2) is 14.0 Å². The molecular weight excluding hydrogens is 671 g/mol. The number of esters is 1. The lowest BCUT2D eigenvalue weighted by atomic mass is 9.73. The van der Waals surface area contributed by atoms with Crippen LogP contribution in [0.3, 0.4) is 0 Å². The molecule has 1 unspecified atom stereocenters. The smallest absolute Gasteiger partial charge is 0.408 e. The first-order valence-corrected chi connectivity index (χ1v) is 18.6. The van der Waals surface area contributed by atoms with Gasteiger partial charge in [-0.2, -0.15) is 0 Å². The molecule has 3 fully saturated rings. The lowest BCUT2D eigenvalue weighted by Gasteiger charge is -2.47. The van der Waals surface area contributed by atoms with Crippen LogP contribution in [-0.2, 0) is 33.3 Å². The standard InChI is InChI=1S/C40H59FN2O9/c1-11-30-40(8)33(42-37(48)52-40)25(4)31(44)24(3)22-38(6,49-19-15-18-27-16-13-12-14-17-27)35(26(5)34(46)39(7,41)36(47)51-30)50-29-21-23(2)20-28(32(29)45)43(9)10/h12-18,23-26,28-30,32-33,35,45H,11,19-22H2,1-10H3,(H,42,48)/b18-15+/t23-,24-,25+,26+,28+,29-,30-,32-,33-,35-,38+,39?,40-/m1/s1. The van der Waals surface area contributed by atoms with Gasteiger partial charge in [-0.05, 0) is 72.0 Å². The summed E-state index contributed by atoms with van der Waals surface area (Å²) in [5.74, 6) is -5.43. The molecular formula is C40H59FN2O9. The number of alkyl halides is 1. The number of hydrogen-bond donors (Lipinski definition) is 2. The van der Waals surface area contributed by atoms with Gasteiger partial charge in [-0.1, -0.05) is 77.1 Å². The molecule has 1 aromatic rings. The van der Waals surface area contributed by atoms with Gasteiger partial charge in [0.2, 0.25) is 0 Å². The number of benzene rings is 1. The van der Waals surface area contributed by atoms with Gasteiger partial charge in [0.25, 0.3) is 5.67 Å². The predicted octanol–water partition coefficient (Wildman–Crippen LogP) is 5.32. The second-order valence-corrected chi connectivity index (χ2v) is 16.1. The first kappa shape index (κ1) is 41.6. The molecule has 1 saturated carbocycles. The van der Waals surface area contributed by atoms with Crippen LogP contribution in [0, 0.1) is 23.7 Å². The third-order valence-electron chi connectivity index (χ3n) is 11.6. The van der Waals surface area contributed by atoms with E-state index in [2.05, 4.69) is 12.2 Å². The Morgan fingerprint density at radius 2 is 1.67 bits per heavy atom. The van der Waals surface area contributed by atoms with Crippen LogP contribution < -0.4 is 5.32 Å². The molecule has 2 saturated heterocycles. The number of Topliss-reactive ketones (excluding diaryl/α,β-unsaturated/α-hetero) is 2. The minimum Gasteiger partial charge on any atom is -0.455 e. The van der Waals surface area contributed by atoms with Crippen molar-refractivity contribution >= 4 is 29.7 Å². The maximum Gasteiger partial charge on any atom is 0.408 e. The summed E-state index contributed by atoms with van der Waals surface area (Å²) in [5.41, 5.74) is -5.15. The van der Waals surface area contributed by atoms with Crippen LogP contribution in [0.2, 0.25) is 0 Å². The zero-order chi connectivity index (χ0) is 38.8. The van der Waals surface area contributed by atoms with E-state index in [1.807, 2.05) is 61.5 Å². The number of fused-ring (bicyclic) bond motifs is 1. The molecule has 0 spiro atoms. The van der Waals surface area contributed by atoms with Crippen LogP contribution in [0.15, 0.2) is 36.4 Å². The summed E-state index contributed by atoms with van der Waals surface area (Å²) < 4.78 is 41.6. The van der Waals surface area contributed by atoms with Gasteiger partial charge in [0.15, 0.2) is 11.4 Å². The van der Waals surface area contributed by atoms with Crippen LogP contribution in [0.1, 0.15) is 86.6 Å². The van der Waals surface area contributed by atoms with Crippen LogP contribution in [0.4, 0.5) is 9.18 Å². The summed E-state index contributed by atoms with van der Waals surface area (Å²) in [6.07, 6.45) is 0.134. The second kappa shape index (κ2) is 16.4. The van der Waals surface area contributed by atoms with E-state index in [1.54, 1.807) is 34.6 Å². The van der Waals surface area contributed by atoms with E-state index in [4.69, 9.17) is 18.9 Å². The number of alkyl carbamates (subject to hydrolysis) is 1. The van der Waals surface area contributed by atoms with Gasteiger partial charge < -0.3 is 34.3 Å². The van der Waals surface area contributed by atoms with Gasteiger partial charge >= 0.3 is 12.1 Å². The molecule has 290 valence electrons. The molecule has 2 heterocycles. The minimum atomic E-state index is -3.13. The molecule has 0 radical (unpaired) electrons. The number of ketones is 2. The van der Waals surface area contributed by atoms with Gasteiger partial charge in [-0.3, -0.25) is 9.59 Å². The highest BCUT2D eigenvalue weighted by Gasteiger charge is 2.59. The molecule has 11 nitrogen and oxygen atoms in total. The van der Waals surface area contributed by atoms with E-state index >= 15 is 4.39 Å². The molecule has 1 aliphatic carbocycles. The van der Waals surface area contributed by atoms with Crippen molar-refractivity contribution in [1.29, 1.82) is 0 Å². The van der Waals surface area contributed by atoms with Crippen LogP contribution in [0.25, 0.3) is 6.08 Å². The van der Waals surface area contributed by atoms with Crippen LogP contribution in [-0.4, -0.2) is 108 Å². The molecule has 0 bridgehead atoms. The van der Waals surface area contributed by atoms with Crippen molar-refractivity contribution in [2.24, 2.45) is 23.7 Å². The fraction of sp³-hybridized carbons (Fsp3) is 0.700. The van der Waals surface area contributed by atoms with Gasteiger partial charge in [-0.15, -0.1) is 0 Å². The number of aliphatic hydroxyl groups is 1. The van der Waals surface area contributed by atoms with E-state index in [0.29, 0.717) is 6.42 Å². The normalized spacial score (nSPS) is 40.9. The Hall–Kier alpha value is -3.19. The Balaban J connectivity index is 1.84. The number of rotatable bonds is 8. The molecule has 1 amide bonds. The minimum absolute atomic E-state index is 0.0377. The third kappa shape index (κ3) is 8.61. The topological polar surface area (TPSA) is 141 Å². The number of nitrogens with one attached hydrogen (secondary N) is 1. The SMILES string of the molecule is CC[C@H]1OC(=O)C(C)(F)C(=O)[C@H](C)[C@@H](O[C@@H]2C[C@H](C)C[C@H](N(C)C)[C@H]2O)[C@@](C)(OC/C=C/c2ccccc2)C[C@@H](C)C(=O)[C@H](C)[C@H]2NC(=O)O[C@@]21C. The first-order valence-electron chi connectivity index (χ1n) is 18.6. The van der Waals surface area contributed by atoms with Crippen molar-refractivity contribution in [2.45, 2.75) is 134 Å². The Bertz CT molecular complexity index is 1470. The maximum atomic E-state index is 16.8. The lowest BCUT2D eigenvalue weighted by molar-refractivity contribution is -0.212. The number of carbonyl (C=O) groups is 4. The monoisotopic (exact) mass is 730 g/mol. The Labute approximate surface area is 308 Å². The van der Waals surface area contributed by atoms with E-state index in [-0.39, 0.29) is 37.2 Å². The van der Waals surface area contributed by atoms with E-state index in [0.717, 1.165) is 18.9 Å². The Kier molecular flexibility index (Phi) is 13.1. The summed E-state index contributed by atoms with van der Waals surface area (Å²) in [5, 5.41) is 14.3. The molecule has 1 aromatic carbocycles. The van der Waals surface area contributed by atoms with Crippen molar-refractivity contribution in [3.8, 4) is 0 Å². The summed E-state index contributed by atoms with van der Waals surface area (Å²) >= 11 is 0. The first-order chi connectivity index (χ1) is 24.3. The molecule has 2 N–H and O–H groups in total. The van der Waals surface area contributed by atoms with Crippen molar-refractivity contribution in [3.05, 3.63) is 42.0 Å². The number of aliphatic hydroxyl groups excluding tert-OH is 1. The number of ether oxygens (including phenoxy) is 4. The van der Waals surface area contributed by atoms with E-state index in [9.17, 15) is 24.3 Å². The average molecular weight is 731 g/mol. The molecule has 4 rings (SSSR count). The number of cyclic esters (lactones) is 1. The highest BCUT2D eigenvalue weighted by atomic mass is 19.1. The molecule has 3 aliphatic rings. The number of amides is 1. The van der Waals surface area contributed by atoms with E-state index < -0.39 is 82.9 Å². The fourth-order valence-electron chi connectivity index (χ4n) is 8.59. The van der Waals surface area contributed by atoms with Gasteiger partial charge in [0, 0.05) is 23.8 Å². The predicted molar refractivity (Wildman–Crippen MR) is 194 cm³/mol. The highest BCUT2D eigenvalue weighted by Crippen LogP contribution is 2.42. The number of nitrogens with zero attached hydrogens (tertiary/aromatic N) is 1. The summed E-state index contributed by atoms with van der Waals surface area (Å²) in [6.45, 7) is 12.9. The van der Waals surface area contributed by atoms with Crippen LogP contribution >= 0.6 is 0 Å². The third-order valence-corrected chi connectivity index (χ3v) is 11.6. The highest BCUT2D eigenvalue weighted by molar-refractivity contribution is 6.08. The molecule has 52 heavy (non-hydrogen) atoms. The zero-order valence-electron chi connectivity index (χ0n) is 32.4. The number of halogens is 1. The largest absolute Gasteiger partial charge is 0.455 e. The Morgan fingerprint density at radius 1 is 1.02 bits per heavy atom. The summed E-state index contributed by atoms with van der Waals surface area (Å²) in [4.78, 5) is 56.9. The van der Waals surface area contributed by atoms with Gasteiger partial charge in [0.1, 0.15) is 11.9 Å². The summed E-state index contributed by atoms with van der Waals surface area (Å²) in [7, 11) is 3.76. The van der Waals surface area contributed by atoms with Crippen molar-refractivity contribution in [1.82, 2.24) is 10.2 Å². The number of likely N-dealkylation sites (N-methyl/N-ethyl adjacent to an activating group) is 1. The van der Waals surface area contributed by atoms with Crippen molar-refractivity contribution in [3.63, 3.8) is 0 Å². The molecule has 13 atom stereocenters.